The first-order valence-corrected chi connectivity index (χ1v) is 8.22. The molecule has 0 fully saturated rings. The fourth-order valence-electron chi connectivity index (χ4n) is 2.69. The lowest BCUT2D eigenvalue weighted by Gasteiger charge is -2.15. The van der Waals surface area contributed by atoms with Crippen LogP contribution in [-0.4, -0.2) is 11.5 Å². The molecule has 0 spiro atoms. The normalized spacial score (nSPS) is 11.9. The Morgan fingerprint density at radius 3 is 2.29 bits per heavy atom. The van der Waals surface area contributed by atoms with Crippen LogP contribution in [0.3, 0.4) is 0 Å². The number of rotatable bonds is 7. The van der Waals surface area contributed by atoms with Crippen LogP contribution in [0, 0.1) is 0 Å². The summed E-state index contributed by atoms with van der Waals surface area (Å²) in [5.41, 5.74) is 9.41. The van der Waals surface area contributed by atoms with E-state index in [9.17, 15) is 0 Å². The second kappa shape index (κ2) is 8.27. The van der Waals surface area contributed by atoms with Gasteiger partial charge in [-0.1, -0.05) is 48.5 Å². The standard InChI is InChI=1S/C21H22N2O/c22-15-19(14-20-8-4-5-13-23-20)18-9-11-21(12-10-18)24-16-17-6-2-1-3-7-17/h1-13,19H,14-16,22H2. The lowest BCUT2D eigenvalue weighted by Crippen LogP contribution is -2.15. The molecule has 3 nitrogen and oxygen atoms in total. The summed E-state index contributed by atoms with van der Waals surface area (Å²) in [5.74, 6) is 1.14. The van der Waals surface area contributed by atoms with Gasteiger partial charge in [-0.05, 0) is 48.4 Å². The molecule has 3 rings (SSSR count). The lowest BCUT2D eigenvalue weighted by atomic mass is 9.94. The highest BCUT2D eigenvalue weighted by Crippen LogP contribution is 2.22. The summed E-state index contributed by atoms with van der Waals surface area (Å²) >= 11 is 0. The summed E-state index contributed by atoms with van der Waals surface area (Å²) in [5, 5.41) is 0. The van der Waals surface area contributed by atoms with Gasteiger partial charge in [-0.3, -0.25) is 4.98 Å². The van der Waals surface area contributed by atoms with Crippen LogP contribution < -0.4 is 10.5 Å². The SMILES string of the molecule is NCC(Cc1ccccn1)c1ccc(OCc2ccccc2)cc1. The molecule has 0 saturated carbocycles. The summed E-state index contributed by atoms with van der Waals surface area (Å²) in [6, 6.07) is 24.4. The monoisotopic (exact) mass is 318 g/mol. The van der Waals surface area contributed by atoms with E-state index in [1.165, 1.54) is 5.56 Å². The van der Waals surface area contributed by atoms with Crippen LogP contribution in [0.4, 0.5) is 0 Å². The number of hydrogen-bond acceptors (Lipinski definition) is 3. The third-order valence-corrected chi connectivity index (χ3v) is 4.07. The Bertz CT molecular complexity index is 727. The molecule has 0 bridgehead atoms. The van der Waals surface area contributed by atoms with Gasteiger partial charge in [0.25, 0.3) is 0 Å². The molecule has 122 valence electrons. The van der Waals surface area contributed by atoms with Gasteiger partial charge in [0.1, 0.15) is 12.4 Å². The third-order valence-electron chi connectivity index (χ3n) is 4.07. The quantitative estimate of drug-likeness (QED) is 0.717. The van der Waals surface area contributed by atoms with Crippen molar-refractivity contribution in [2.75, 3.05) is 6.54 Å². The maximum absolute atomic E-state index is 5.97. The van der Waals surface area contributed by atoms with Crippen molar-refractivity contribution in [1.29, 1.82) is 0 Å². The van der Waals surface area contributed by atoms with Crippen LogP contribution in [0.5, 0.6) is 5.75 Å². The zero-order valence-corrected chi connectivity index (χ0v) is 13.6. The molecule has 24 heavy (non-hydrogen) atoms. The van der Waals surface area contributed by atoms with E-state index in [1.807, 2.05) is 54.7 Å². The molecule has 0 aliphatic heterocycles. The number of aromatic nitrogens is 1. The maximum atomic E-state index is 5.97. The summed E-state index contributed by atoms with van der Waals surface area (Å²) in [6.45, 7) is 1.18. The van der Waals surface area contributed by atoms with E-state index >= 15 is 0 Å². The maximum Gasteiger partial charge on any atom is 0.119 e. The molecule has 1 unspecified atom stereocenters. The van der Waals surface area contributed by atoms with Crippen molar-refractivity contribution in [1.82, 2.24) is 4.98 Å². The van der Waals surface area contributed by atoms with Gasteiger partial charge < -0.3 is 10.5 Å². The first-order chi connectivity index (χ1) is 11.8. The fraction of sp³-hybridized carbons (Fsp3) is 0.190. The van der Waals surface area contributed by atoms with Crippen molar-refractivity contribution in [2.45, 2.75) is 18.9 Å². The predicted molar refractivity (Wildman–Crippen MR) is 97.0 cm³/mol. The molecule has 0 amide bonds. The summed E-state index contributed by atoms with van der Waals surface area (Å²) in [6.07, 6.45) is 2.67. The Morgan fingerprint density at radius 2 is 1.62 bits per heavy atom. The van der Waals surface area contributed by atoms with Gasteiger partial charge in [0.2, 0.25) is 0 Å². The molecular formula is C21H22N2O. The molecule has 2 aromatic carbocycles. The average Bonchev–Trinajstić information content (AvgIpc) is 2.67. The van der Waals surface area contributed by atoms with Gasteiger partial charge in [0.15, 0.2) is 0 Å². The molecule has 3 aromatic rings. The van der Waals surface area contributed by atoms with Gasteiger partial charge >= 0.3 is 0 Å². The first-order valence-electron chi connectivity index (χ1n) is 8.22. The highest BCUT2D eigenvalue weighted by Gasteiger charge is 2.11. The highest BCUT2D eigenvalue weighted by molar-refractivity contribution is 5.31. The van der Waals surface area contributed by atoms with Gasteiger partial charge in [-0.2, -0.15) is 0 Å². The molecule has 0 aliphatic rings. The van der Waals surface area contributed by atoms with E-state index in [4.69, 9.17) is 10.5 Å². The molecular weight excluding hydrogens is 296 g/mol. The van der Waals surface area contributed by atoms with E-state index in [2.05, 4.69) is 29.2 Å². The molecule has 0 aliphatic carbocycles. The number of ether oxygens (including phenoxy) is 1. The number of pyridine rings is 1. The topological polar surface area (TPSA) is 48.1 Å². The minimum absolute atomic E-state index is 0.267. The summed E-state index contributed by atoms with van der Waals surface area (Å²) < 4.78 is 5.84. The molecule has 1 aromatic heterocycles. The first kappa shape index (κ1) is 16.2. The van der Waals surface area contributed by atoms with E-state index in [0.717, 1.165) is 23.4 Å². The van der Waals surface area contributed by atoms with Crippen LogP contribution >= 0.6 is 0 Å². The van der Waals surface area contributed by atoms with Crippen molar-refractivity contribution in [3.63, 3.8) is 0 Å². The number of nitrogens with zero attached hydrogens (tertiary/aromatic N) is 1. The smallest absolute Gasteiger partial charge is 0.119 e. The van der Waals surface area contributed by atoms with Crippen molar-refractivity contribution in [3.8, 4) is 5.75 Å². The summed E-state index contributed by atoms with van der Waals surface area (Å²) in [7, 11) is 0. The molecule has 1 heterocycles. The second-order valence-electron chi connectivity index (χ2n) is 5.80. The van der Waals surface area contributed by atoms with Crippen LogP contribution in [0.1, 0.15) is 22.7 Å². The lowest BCUT2D eigenvalue weighted by molar-refractivity contribution is 0.306. The average molecular weight is 318 g/mol. The van der Waals surface area contributed by atoms with E-state index < -0.39 is 0 Å². The molecule has 1 atom stereocenters. The molecule has 2 N–H and O–H groups in total. The van der Waals surface area contributed by atoms with Gasteiger partial charge in [-0.15, -0.1) is 0 Å². The molecule has 0 saturated heterocycles. The van der Waals surface area contributed by atoms with Crippen molar-refractivity contribution in [3.05, 3.63) is 95.8 Å². The van der Waals surface area contributed by atoms with Crippen LogP contribution in [0.25, 0.3) is 0 Å². The molecule has 3 heteroatoms. The largest absolute Gasteiger partial charge is 0.489 e. The predicted octanol–water partition coefficient (Wildman–Crippen LogP) is 3.95. The van der Waals surface area contributed by atoms with Crippen LogP contribution in [0.15, 0.2) is 79.0 Å². The van der Waals surface area contributed by atoms with Crippen molar-refractivity contribution in [2.24, 2.45) is 5.73 Å². The summed E-state index contributed by atoms with van der Waals surface area (Å²) in [4.78, 5) is 4.39. The van der Waals surface area contributed by atoms with E-state index in [1.54, 1.807) is 0 Å². The van der Waals surface area contributed by atoms with Crippen molar-refractivity contribution >= 4 is 0 Å². The van der Waals surface area contributed by atoms with Gasteiger partial charge in [-0.25, -0.2) is 0 Å². The Labute approximate surface area is 143 Å². The van der Waals surface area contributed by atoms with E-state index in [0.29, 0.717) is 13.2 Å². The zero-order chi connectivity index (χ0) is 16.6. The Kier molecular flexibility index (Phi) is 5.59. The highest BCUT2D eigenvalue weighted by atomic mass is 16.5. The second-order valence-corrected chi connectivity index (χ2v) is 5.80. The number of nitrogens with two attached hydrogens (primary N) is 1. The minimum atomic E-state index is 0.267. The van der Waals surface area contributed by atoms with Gasteiger partial charge in [0, 0.05) is 17.8 Å². The van der Waals surface area contributed by atoms with Crippen LogP contribution in [0.2, 0.25) is 0 Å². The van der Waals surface area contributed by atoms with E-state index in [-0.39, 0.29) is 5.92 Å². The van der Waals surface area contributed by atoms with Gasteiger partial charge in [0.05, 0.1) is 0 Å². The fourth-order valence-corrected chi connectivity index (χ4v) is 2.69. The Morgan fingerprint density at radius 1 is 0.875 bits per heavy atom. The third kappa shape index (κ3) is 4.43. The number of benzene rings is 2. The Balaban J connectivity index is 1.62. The van der Waals surface area contributed by atoms with Crippen LogP contribution in [-0.2, 0) is 13.0 Å². The molecule has 0 radical (unpaired) electrons. The number of hydrogen-bond donors (Lipinski definition) is 1. The van der Waals surface area contributed by atoms with Crippen molar-refractivity contribution < 1.29 is 4.74 Å². The Hall–Kier alpha value is -2.65. The zero-order valence-electron chi connectivity index (χ0n) is 13.6. The minimum Gasteiger partial charge on any atom is -0.489 e.